The molecule has 4 rings (SSSR count). The van der Waals surface area contributed by atoms with Gasteiger partial charge in [-0.1, -0.05) is 35.9 Å². The van der Waals surface area contributed by atoms with Gasteiger partial charge in [0.25, 0.3) is 17.2 Å². The van der Waals surface area contributed by atoms with E-state index in [4.69, 9.17) is 0 Å². The van der Waals surface area contributed by atoms with Crippen molar-refractivity contribution in [2.45, 2.75) is 26.9 Å². The summed E-state index contributed by atoms with van der Waals surface area (Å²) < 4.78 is 3.08. The highest BCUT2D eigenvalue weighted by molar-refractivity contribution is 5.95. The van der Waals surface area contributed by atoms with E-state index in [0.717, 1.165) is 11.1 Å². The number of aromatic nitrogens is 4. The molecule has 0 radical (unpaired) electrons. The standard InChI is InChI=1S/C23H22N6O4/c1-15-3-6-17(7-4-15)13-27-14-25-21-19(23(27)31)12-26-28(21)10-9-24-22(30)18-8-5-16(2)20(11-18)29(32)33/h3-8,11-12,14H,9-10,13H2,1-2H3,(H,24,30). The van der Waals surface area contributed by atoms with Crippen molar-refractivity contribution < 1.29 is 9.72 Å². The van der Waals surface area contributed by atoms with Crippen molar-refractivity contribution in [3.05, 3.63) is 97.7 Å². The van der Waals surface area contributed by atoms with E-state index >= 15 is 0 Å². The van der Waals surface area contributed by atoms with Gasteiger partial charge in [-0.15, -0.1) is 0 Å². The van der Waals surface area contributed by atoms with Gasteiger partial charge < -0.3 is 5.32 Å². The Morgan fingerprint density at radius 2 is 1.91 bits per heavy atom. The molecule has 0 saturated heterocycles. The highest BCUT2D eigenvalue weighted by atomic mass is 16.6. The van der Waals surface area contributed by atoms with Gasteiger partial charge in [0.05, 0.1) is 24.2 Å². The summed E-state index contributed by atoms with van der Waals surface area (Å²) in [7, 11) is 0. The summed E-state index contributed by atoms with van der Waals surface area (Å²) in [5.41, 5.74) is 2.97. The fourth-order valence-electron chi connectivity index (χ4n) is 3.49. The number of fused-ring (bicyclic) bond motifs is 1. The smallest absolute Gasteiger partial charge is 0.273 e. The maximum Gasteiger partial charge on any atom is 0.273 e. The zero-order valence-corrected chi connectivity index (χ0v) is 18.2. The maximum absolute atomic E-state index is 12.8. The summed E-state index contributed by atoms with van der Waals surface area (Å²) in [6.45, 7) is 4.53. The molecular formula is C23H22N6O4. The Morgan fingerprint density at radius 3 is 2.64 bits per heavy atom. The number of rotatable bonds is 7. The Bertz CT molecular complexity index is 1400. The fraction of sp³-hybridized carbons (Fsp3) is 0.217. The molecule has 0 aliphatic rings. The Labute approximate surface area is 188 Å². The van der Waals surface area contributed by atoms with Gasteiger partial charge >= 0.3 is 0 Å². The number of carbonyl (C=O) groups is 1. The summed E-state index contributed by atoms with van der Waals surface area (Å²) in [5, 5.41) is 18.4. The molecule has 0 aliphatic carbocycles. The van der Waals surface area contributed by atoms with Crippen LogP contribution in [0.15, 0.2) is 59.8 Å². The van der Waals surface area contributed by atoms with Crippen LogP contribution in [0.5, 0.6) is 0 Å². The molecule has 2 heterocycles. The highest BCUT2D eigenvalue weighted by Crippen LogP contribution is 2.19. The fourth-order valence-corrected chi connectivity index (χ4v) is 3.49. The normalized spacial score (nSPS) is 11.0. The average molecular weight is 446 g/mol. The third kappa shape index (κ3) is 4.64. The summed E-state index contributed by atoms with van der Waals surface area (Å²) in [4.78, 5) is 40.2. The van der Waals surface area contributed by atoms with Crippen molar-refractivity contribution in [2.24, 2.45) is 0 Å². The minimum Gasteiger partial charge on any atom is -0.350 e. The zero-order valence-electron chi connectivity index (χ0n) is 18.2. The molecule has 168 valence electrons. The van der Waals surface area contributed by atoms with Crippen molar-refractivity contribution in [3.8, 4) is 0 Å². The largest absolute Gasteiger partial charge is 0.350 e. The third-order valence-corrected chi connectivity index (χ3v) is 5.37. The molecule has 0 unspecified atom stereocenters. The first kappa shape index (κ1) is 21.9. The lowest BCUT2D eigenvalue weighted by Gasteiger charge is -2.08. The van der Waals surface area contributed by atoms with Crippen molar-refractivity contribution in [1.82, 2.24) is 24.6 Å². The van der Waals surface area contributed by atoms with E-state index in [2.05, 4.69) is 15.4 Å². The second-order valence-electron chi connectivity index (χ2n) is 7.78. The van der Waals surface area contributed by atoms with E-state index in [9.17, 15) is 19.7 Å². The molecule has 0 bridgehead atoms. The molecule has 2 aromatic carbocycles. The van der Waals surface area contributed by atoms with Gasteiger partial charge in [0, 0.05) is 23.7 Å². The molecule has 1 amide bonds. The molecule has 0 spiro atoms. The van der Waals surface area contributed by atoms with Crippen LogP contribution in [-0.4, -0.2) is 36.7 Å². The molecule has 0 fully saturated rings. The number of nitro benzene ring substituents is 1. The average Bonchev–Trinajstić information content (AvgIpc) is 3.21. The molecule has 0 saturated carbocycles. The molecule has 10 nitrogen and oxygen atoms in total. The van der Waals surface area contributed by atoms with E-state index in [1.807, 2.05) is 31.2 Å². The van der Waals surface area contributed by atoms with Gasteiger partial charge in [-0.3, -0.25) is 24.3 Å². The van der Waals surface area contributed by atoms with Crippen LogP contribution < -0.4 is 10.9 Å². The second-order valence-corrected chi connectivity index (χ2v) is 7.78. The number of aryl methyl sites for hydroxylation is 2. The van der Waals surface area contributed by atoms with Gasteiger partial charge in [0.1, 0.15) is 11.7 Å². The van der Waals surface area contributed by atoms with Crippen LogP contribution in [0.25, 0.3) is 11.0 Å². The zero-order chi connectivity index (χ0) is 23.5. The van der Waals surface area contributed by atoms with Crippen LogP contribution in [0.1, 0.15) is 27.0 Å². The minimum atomic E-state index is -0.515. The minimum absolute atomic E-state index is 0.105. The predicted octanol–water partition coefficient (Wildman–Crippen LogP) is 2.60. The van der Waals surface area contributed by atoms with Crippen molar-refractivity contribution >= 4 is 22.6 Å². The summed E-state index contributed by atoms with van der Waals surface area (Å²) in [6.07, 6.45) is 2.97. The number of nitrogens with one attached hydrogen (secondary N) is 1. The lowest BCUT2D eigenvalue weighted by Crippen LogP contribution is -2.28. The molecular weight excluding hydrogens is 424 g/mol. The van der Waals surface area contributed by atoms with E-state index in [-0.39, 0.29) is 29.9 Å². The van der Waals surface area contributed by atoms with Crippen molar-refractivity contribution in [2.75, 3.05) is 6.54 Å². The van der Waals surface area contributed by atoms with Gasteiger partial charge in [0.2, 0.25) is 0 Å². The Morgan fingerprint density at radius 1 is 1.15 bits per heavy atom. The van der Waals surface area contributed by atoms with Crippen LogP contribution in [0, 0.1) is 24.0 Å². The first-order chi connectivity index (χ1) is 15.8. The quantitative estimate of drug-likeness (QED) is 0.344. The Balaban J connectivity index is 1.44. The lowest BCUT2D eigenvalue weighted by atomic mass is 10.1. The summed E-state index contributed by atoms with van der Waals surface area (Å²) in [6, 6.07) is 12.3. The maximum atomic E-state index is 12.8. The number of nitrogens with zero attached hydrogens (tertiary/aromatic N) is 5. The van der Waals surface area contributed by atoms with Crippen molar-refractivity contribution in [1.29, 1.82) is 0 Å². The molecule has 1 N–H and O–H groups in total. The van der Waals surface area contributed by atoms with Crippen LogP contribution in [0.3, 0.4) is 0 Å². The molecule has 0 aliphatic heterocycles. The molecule has 2 aromatic heterocycles. The number of carbonyl (C=O) groups excluding carboxylic acids is 1. The van der Waals surface area contributed by atoms with Crippen molar-refractivity contribution in [3.63, 3.8) is 0 Å². The molecule has 4 aromatic rings. The van der Waals surface area contributed by atoms with Crippen LogP contribution in [0.4, 0.5) is 5.69 Å². The Hall–Kier alpha value is -4.34. The van der Waals surface area contributed by atoms with Crippen LogP contribution in [0.2, 0.25) is 0 Å². The van der Waals surface area contributed by atoms with E-state index < -0.39 is 10.8 Å². The summed E-state index contributed by atoms with van der Waals surface area (Å²) >= 11 is 0. The molecule has 33 heavy (non-hydrogen) atoms. The molecule has 0 atom stereocenters. The number of benzene rings is 2. The van der Waals surface area contributed by atoms with E-state index in [1.54, 1.807) is 23.7 Å². The van der Waals surface area contributed by atoms with Gasteiger partial charge in [-0.05, 0) is 25.5 Å². The SMILES string of the molecule is Cc1ccc(Cn2cnc3c(cnn3CCNC(=O)c3ccc(C)c([N+](=O)[O-])c3)c2=O)cc1. The van der Waals surface area contributed by atoms with E-state index in [1.165, 1.54) is 23.2 Å². The van der Waals surface area contributed by atoms with Crippen LogP contribution in [-0.2, 0) is 13.1 Å². The second kappa shape index (κ2) is 9.03. The van der Waals surface area contributed by atoms with E-state index in [0.29, 0.717) is 23.1 Å². The predicted molar refractivity (Wildman–Crippen MR) is 122 cm³/mol. The third-order valence-electron chi connectivity index (χ3n) is 5.37. The highest BCUT2D eigenvalue weighted by Gasteiger charge is 2.15. The number of hydrogen-bond donors (Lipinski definition) is 1. The van der Waals surface area contributed by atoms with Gasteiger partial charge in [-0.25, -0.2) is 9.67 Å². The van der Waals surface area contributed by atoms with Gasteiger partial charge in [-0.2, -0.15) is 5.10 Å². The summed E-state index contributed by atoms with van der Waals surface area (Å²) in [5.74, 6) is -0.428. The number of hydrogen-bond acceptors (Lipinski definition) is 6. The first-order valence-corrected chi connectivity index (χ1v) is 10.3. The number of amides is 1. The van der Waals surface area contributed by atoms with Gasteiger partial charge in [0.15, 0.2) is 5.65 Å². The molecule has 10 heteroatoms. The van der Waals surface area contributed by atoms with Crippen LogP contribution >= 0.6 is 0 Å². The first-order valence-electron chi connectivity index (χ1n) is 10.3. The topological polar surface area (TPSA) is 125 Å². The lowest BCUT2D eigenvalue weighted by molar-refractivity contribution is -0.385. The number of nitro groups is 1. The monoisotopic (exact) mass is 446 g/mol. The Kier molecular flexibility index (Phi) is 5.99.